The molecule has 2 rings (SSSR count). The lowest BCUT2D eigenvalue weighted by molar-refractivity contribution is -0.327. The van der Waals surface area contributed by atoms with Crippen LogP contribution < -0.4 is 0 Å². The van der Waals surface area contributed by atoms with Gasteiger partial charge in [-0.3, -0.25) is 4.79 Å². The van der Waals surface area contributed by atoms with Crippen molar-refractivity contribution in [3.63, 3.8) is 0 Å². The zero-order chi connectivity index (χ0) is 21.0. The highest BCUT2D eigenvalue weighted by Crippen LogP contribution is 2.35. The molecule has 2 heterocycles. The molecule has 2 aliphatic rings. The highest BCUT2D eigenvalue weighted by atomic mass is 16.8. The van der Waals surface area contributed by atoms with Gasteiger partial charge in [-0.25, -0.2) is 4.79 Å². The van der Waals surface area contributed by atoms with Gasteiger partial charge in [0.25, 0.3) is 0 Å². The van der Waals surface area contributed by atoms with E-state index in [1.807, 2.05) is 0 Å². The highest BCUT2D eigenvalue weighted by Gasteiger charge is 2.46. The van der Waals surface area contributed by atoms with Crippen LogP contribution in [-0.4, -0.2) is 88.2 Å². The Morgan fingerprint density at radius 2 is 1.89 bits per heavy atom. The number of ether oxygens (including phenoxy) is 4. The average molecular weight is 404 g/mol. The number of aliphatic carboxylic acids is 1. The number of esters is 1. The van der Waals surface area contributed by atoms with E-state index in [9.17, 15) is 35.1 Å². The number of aliphatic hydroxyl groups is 4. The summed E-state index contributed by atoms with van der Waals surface area (Å²) in [5, 5.41) is 48.4. The van der Waals surface area contributed by atoms with Crippen LogP contribution >= 0.6 is 0 Å². The lowest BCUT2D eigenvalue weighted by atomic mass is 9.86. The maximum Gasteiger partial charge on any atom is 0.335 e. The number of carboxylic acids is 1. The Morgan fingerprint density at radius 1 is 1.21 bits per heavy atom. The second-order valence-electron chi connectivity index (χ2n) is 6.30. The van der Waals surface area contributed by atoms with Gasteiger partial charge in [0, 0.05) is 11.5 Å². The van der Waals surface area contributed by atoms with Gasteiger partial charge in [-0.1, -0.05) is 6.08 Å². The predicted octanol–water partition coefficient (Wildman–Crippen LogP) is -1.75. The summed E-state index contributed by atoms with van der Waals surface area (Å²) in [6.45, 7) is 0.943. The molecule has 11 heteroatoms. The van der Waals surface area contributed by atoms with Gasteiger partial charge in [-0.15, -0.1) is 0 Å². The van der Waals surface area contributed by atoms with Crippen LogP contribution in [0.25, 0.3) is 0 Å². The summed E-state index contributed by atoms with van der Waals surface area (Å²) in [6.07, 6.45) is -6.65. The molecule has 0 unspecified atom stereocenters. The Hall–Kier alpha value is -2.02. The quantitative estimate of drug-likeness (QED) is 0.251. The van der Waals surface area contributed by atoms with Crippen LogP contribution in [0.4, 0.5) is 0 Å². The SMILES string of the molecule is C/C=C1\[C@H](O[C@@H]2O[C@H](CO)[C@@H](O)[C@H](O)[C@H]2O)OC=C(C(=O)O)[C@@H]1CC(=O)OC. The molecule has 0 aliphatic carbocycles. The van der Waals surface area contributed by atoms with E-state index in [0.717, 1.165) is 6.26 Å². The fourth-order valence-electron chi connectivity index (χ4n) is 3.07. The van der Waals surface area contributed by atoms with Crippen LogP contribution in [0.3, 0.4) is 0 Å². The van der Waals surface area contributed by atoms with E-state index < -0.39 is 61.5 Å². The molecule has 1 fully saturated rings. The zero-order valence-electron chi connectivity index (χ0n) is 15.3. The summed E-state index contributed by atoms with van der Waals surface area (Å²) >= 11 is 0. The van der Waals surface area contributed by atoms with E-state index in [1.54, 1.807) is 6.92 Å². The third-order valence-electron chi connectivity index (χ3n) is 4.65. The second kappa shape index (κ2) is 9.45. The van der Waals surface area contributed by atoms with Gasteiger partial charge in [0.2, 0.25) is 6.29 Å². The van der Waals surface area contributed by atoms with E-state index in [1.165, 1.54) is 13.2 Å². The molecule has 0 radical (unpaired) electrons. The number of allylic oxidation sites excluding steroid dienone is 1. The summed E-state index contributed by atoms with van der Waals surface area (Å²) in [4.78, 5) is 23.2. The number of aliphatic hydroxyl groups excluding tert-OH is 4. The molecule has 0 aromatic rings. The monoisotopic (exact) mass is 404 g/mol. The van der Waals surface area contributed by atoms with Crippen LogP contribution in [0.2, 0.25) is 0 Å². The Bertz CT molecular complexity index is 641. The summed E-state index contributed by atoms with van der Waals surface area (Å²) in [7, 11) is 1.17. The van der Waals surface area contributed by atoms with Gasteiger partial charge < -0.3 is 44.5 Å². The number of rotatable bonds is 6. The highest BCUT2D eigenvalue weighted by molar-refractivity contribution is 5.89. The standard InChI is InChI=1S/C17H24O11/c1-3-7-8(4-11(19)25-2)9(15(23)24)6-26-16(7)28-17-14(22)13(21)12(20)10(5-18)27-17/h3,6,8,10,12-14,16-18,20-22H,4-5H2,1-2H3,(H,23,24)/b7-3-/t8-,10-,12-,13+,14-,16+,17+/m1/s1. The Balaban J connectivity index is 2.25. The molecule has 11 nitrogen and oxygen atoms in total. The molecule has 7 atom stereocenters. The van der Waals surface area contributed by atoms with Gasteiger partial charge in [-0.2, -0.15) is 0 Å². The largest absolute Gasteiger partial charge is 0.478 e. The molecule has 0 bridgehead atoms. The van der Waals surface area contributed by atoms with E-state index >= 15 is 0 Å². The maximum atomic E-state index is 11.7. The van der Waals surface area contributed by atoms with Gasteiger partial charge in [0.1, 0.15) is 24.4 Å². The van der Waals surface area contributed by atoms with Crippen LogP contribution in [0.15, 0.2) is 23.5 Å². The zero-order valence-corrected chi connectivity index (χ0v) is 15.3. The predicted molar refractivity (Wildman–Crippen MR) is 89.3 cm³/mol. The first-order valence-electron chi connectivity index (χ1n) is 8.52. The number of hydrogen-bond donors (Lipinski definition) is 5. The van der Waals surface area contributed by atoms with Crippen LogP contribution in [0, 0.1) is 5.92 Å². The van der Waals surface area contributed by atoms with Crippen LogP contribution in [0.1, 0.15) is 13.3 Å². The van der Waals surface area contributed by atoms with Crippen molar-refractivity contribution in [2.75, 3.05) is 13.7 Å². The summed E-state index contributed by atoms with van der Waals surface area (Å²) in [5.41, 5.74) is 0.0782. The first-order valence-corrected chi connectivity index (χ1v) is 8.52. The van der Waals surface area contributed by atoms with Gasteiger partial charge in [0.15, 0.2) is 6.29 Å². The molecular weight excluding hydrogens is 380 g/mol. The van der Waals surface area contributed by atoms with E-state index in [-0.39, 0.29) is 17.6 Å². The van der Waals surface area contributed by atoms with Crippen molar-refractivity contribution in [2.45, 2.75) is 50.3 Å². The fraction of sp³-hybridized carbons (Fsp3) is 0.647. The minimum absolute atomic E-state index is 0.188. The van der Waals surface area contributed by atoms with Crippen molar-refractivity contribution in [1.82, 2.24) is 0 Å². The molecule has 0 aromatic heterocycles. The van der Waals surface area contributed by atoms with Crippen molar-refractivity contribution < 1.29 is 54.1 Å². The van der Waals surface area contributed by atoms with Crippen LogP contribution in [0.5, 0.6) is 0 Å². The number of carboxylic acid groups (broad SMARTS) is 1. The molecule has 28 heavy (non-hydrogen) atoms. The molecule has 0 spiro atoms. The molecule has 1 saturated heterocycles. The van der Waals surface area contributed by atoms with Crippen molar-refractivity contribution in [3.05, 3.63) is 23.5 Å². The maximum absolute atomic E-state index is 11.7. The Labute approximate surface area is 160 Å². The van der Waals surface area contributed by atoms with Crippen molar-refractivity contribution in [3.8, 4) is 0 Å². The van der Waals surface area contributed by atoms with E-state index in [2.05, 4.69) is 4.74 Å². The van der Waals surface area contributed by atoms with Crippen molar-refractivity contribution in [2.24, 2.45) is 5.92 Å². The molecule has 158 valence electrons. The summed E-state index contributed by atoms with van der Waals surface area (Å²) in [6, 6.07) is 0. The minimum atomic E-state index is -1.66. The third-order valence-corrected chi connectivity index (χ3v) is 4.65. The number of methoxy groups -OCH3 is 1. The second-order valence-corrected chi connectivity index (χ2v) is 6.30. The Morgan fingerprint density at radius 3 is 2.43 bits per heavy atom. The number of carbonyl (C=O) groups is 2. The molecule has 0 amide bonds. The van der Waals surface area contributed by atoms with Gasteiger partial charge in [-0.05, 0) is 6.92 Å². The first kappa shape index (κ1) is 22.3. The topological polar surface area (TPSA) is 172 Å². The van der Waals surface area contributed by atoms with E-state index in [0.29, 0.717) is 0 Å². The Kier molecular flexibility index (Phi) is 7.52. The summed E-state index contributed by atoms with van der Waals surface area (Å²) in [5.74, 6) is -2.86. The molecule has 2 aliphatic heterocycles. The third kappa shape index (κ3) is 4.51. The van der Waals surface area contributed by atoms with Crippen LogP contribution in [-0.2, 0) is 28.5 Å². The average Bonchev–Trinajstić information content (AvgIpc) is 2.68. The molecule has 0 aromatic carbocycles. The van der Waals surface area contributed by atoms with E-state index in [4.69, 9.17) is 14.2 Å². The number of carbonyl (C=O) groups excluding carboxylic acids is 1. The first-order chi connectivity index (χ1) is 13.2. The smallest absolute Gasteiger partial charge is 0.335 e. The molecule has 0 saturated carbocycles. The minimum Gasteiger partial charge on any atom is -0.478 e. The number of hydrogen-bond acceptors (Lipinski definition) is 10. The van der Waals surface area contributed by atoms with Crippen molar-refractivity contribution in [1.29, 1.82) is 0 Å². The lowest BCUT2D eigenvalue weighted by Crippen LogP contribution is -2.60. The van der Waals surface area contributed by atoms with Gasteiger partial charge >= 0.3 is 11.9 Å². The molecular formula is C17H24O11. The lowest BCUT2D eigenvalue weighted by Gasteiger charge is -2.41. The van der Waals surface area contributed by atoms with Crippen molar-refractivity contribution >= 4 is 11.9 Å². The molecule has 5 N–H and O–H groups in total. The van der Waals surface area contributed by atoms with Gasteiger partial charge in [0.05, 0.1) is 32.0 Å². The fourth-order valence-corrected chi connectivity index (χ4v) is 3.07. The normalized spacial score (nSPS) is 37.1. The summed E-state index contributed by atoms with van der Waals surface area (Å²) < 4.78 is 20.7.